The van der Waals surface area contributed by atoms with Gasteiger partial charge in [-0.3, -0.25) is 9.59 Å². The third-order valence-electron chi connectivity index (χ3n) is 7.81. The average molecular weight is 588 g/mol. The van der Waals surface area contributed by atoms with Gasteiger partial charge in [0.1, 0.15) is 12.2 Å². The number of carbonyl (C=O) groups excluding carboxylic acids is 3. The van der Waals surface area contributed by atoms with Crippen molar-refractivity contribution in [3.05, 3.63) is 107 Å². The van der Waals surface area contributed by atoms with Gasteiger partial charge in [0.15, 0.2) is 0 Å². The molecule has 3 aromatic rings. The van der Waals surface area contributed by atoms with Gasteiger partial charge in [-0.25, -0.2) is 14.8 Å². The number of urea groups is 1. The summed E-state index contributed by atoms with van der Waals surface area (Å²) in [6.07, 6.45) is 0.542. The molecular formula is C33H38ClN5O3. The fourth-order valence-corrected chi connectivity index (χ4v) is 5.90. The van der Waals surface area contributed by atoms with E-state index in [2.05, 4.69) is 19.2 Å². The number of rotatable bonds is 9. The summed E-state index contributed by atoms with van der Waals surface area (Å²) in [6.45, 7) is 5.57. The molecule has 2 atom stereocenters. The summed E-state index contributed by atoms with van der Waals surface area (Å²) in [7, 11) is 0. The number of nitrogens with zero attached hydrogens (tertiary/aromatic N) is 4. The lowest BCUT2D eigenvalue weighted by molar-refractivity contribution is -0.192. The second kappa shape index (κ2) is 13.4. The van der Waals surface area contributed by atoms with Crippen molar-refractivity contribution < 1.29 is 14.4 Å². The van der Waals surface area contributed by atoms with Crippen molar-refractivity contribution in [2.45, 2.75) is 52.0 Å². The fourth-order valence-electron chi connectivity index (χ4n) is 5.77. The van der Waals surface area contributed by atoms with Crippen LogP contribution in [0.3, 0.4) is 0 Å². The molecule has 1 N–H and O–H groups in total. The molecular weight excluding hydrogens is 550 g/mol. The molecule has 0 saturated carbocycles. The van der Waals surface area contributed by atoms with Crippen molar-refractivity contribution in [2.24, 2.45) is 5.92 Å². The summed E-state index contributed by atoms with van der Waals surface area (Å²) in [5, 5.41) is 7.22. The van der Waals surface area contributed by atoms with Crippen LogP contribution < -0.4 is 5.32 Å². The molecule has 5 rings (SSSR count). The van der Waals surface area contributed by atoms with Crippen LogP contribution in [0.25, 0.3) is 0 Å². The van der Waals surface area contributed by atoms with Gasteiger partial charge in [0, 0.05) is 24.7 Å². The Kier molecular flexibility index (Phi) is 9.45. The Bertz CT molecular complexity index is 1370. The fraction of sp³-hybridized carbons (Fsp3) is 0.364. The van der Waals surface area contributed by atoms with E-state index >= 15 is 0 Å². The molecule has 3 aromatic carbocycles. The lowest BCUT2D eigenvalue weighted by atomic mass is 9.96. The third kappa shape index (κ3) is 6.94. The first-order chi connectivity index (χ1) is 20.3. The topological polar surface area (TPSA) is 76.2 Å². The zero-order valence-electron chi connectivity index (χ0n) is 24.2. The second-order valence-electron chi connectivity index (χ2n) is 11.4. The Hall–Kier alpha value is -3.88. The monoisotopic (exact) mass is 587 g/mol. The highest BCUT2D eigenvalue weighted by molar-refractivity contribution is 6.30. The first-order valence-electron chi connectivity index (χ1n) is 14.5. The third-order valence-corrected chi connectivity index (χ3v) is 8.06. The van der Waals surface area contributed by atoms with Crippen molar-refractivity contribution in [2.75, 3.05) is 19.6 Å². The van der Waals surface area contributed by atoms with Crippen molar-refractivity contribution >= 4 is 29.4 Å². The van der Waals surface area contributed by atoms with Crippen LogP contribution in [0, 0.1) is 5.92 Å². The van der Waals surface area contributed by atoms with Gasteiger partial charge in [-0.15, -0.1) is 0 Å². The molecule has 4 amide bonds. The van der Waals surface area contributed by atoms with E-state index in [9.17, 15) is 14.4 Å². The summed E-state index contributed by atoms with van der Waals surface area (Å²) < 4.78 is 0. The number of carbonyl (C=O) groups is 3. The van der Waals surface area contributed by atoms with E-state index in [1.165, 1.54) is 0 Å². The number of fused-ring (bicyclic) bond motifs is 1. The number of hydrogen-bond acceptors (Lipinski definition) is 4. The molecule has 0 radical (unpaired) electrons. The highest BCUT2D eigenvalue weighted by atomic mass is 35.5. The van der Waals surface area contributed by atoms with Gasteiger partial charge in [0.25, 0.3) is 0 Å². The standard InChI is InChI=1S/C33H38ClN5O3/c1-24(2)19-29-32(41)36(18-17-25-13-15-28(34)16-14-25)22-30-38(29)31(40)23-37(21-27-11-7-4-8-12-27)39(30)33(42)35-20-26-9-5-3-6-10-26/h3-16,24,29-30H,17-23H2,1-2H3,(H,35,42)/t29-,30?/m1/s1. The van der Waals surface area contributed by atoms with E-state index in [1.807, 2.05) is 94.8 Å². The van der Waals surface area contributed by atoms with E-state index in [0.29, 0.717) is 37.5 Å². The minimum Gasteiger partial charge on any atom is -0.337 e. The highest BCUT2D eigenvalue weighted by Gasteiger charge is 2.51. The van der Waals surface area contributed by atoms with Gasteiger partial charge >= 0.3 is 6.03 Å². The van der Waals surface area contributed by atoms with Crippen molar-refractivity contribution in [1.29, 1.82) is 0 Å². The van der Waals surface area contributed by atoms with Crippen LogP contribution >= 0.6 is 11.6 Å². The van der Waals surface area contributed by atoms with Crippen LogP contribution in [0.2, 0.25) is 5.02 Å². The Morgan fingerprint density at radius 2 is 1.55 bits per heavy atom. The van der Waals surface area contributed by atoms with Crippen LogP contribution in [0.4, 0.5) is 4.79 Å². The van der Waals surface area contributed by atoms with E-state index < -0.39 is 12.2 Å². The molecule has 0 bridgehead atoms. The van der Waals surface area contributed by atoms with Gasteiger partial charge in [-0.1, -0.05) is 98.2 Å². The summed E-state index contributed by atoms with van der Waals surface area (Å²) in [6, 6.07) is 26.2. The predicted molar refractivity (Wildman–Crippen MR) is 163 cm³/mol. The predicted octanol–water partition coefficient (Wildman–Crippen LogP) is 4.94. The first-order valence-corrected chi connectivity index (χ1v) is 14.9. The summed E-state index contributed by atoms with van der Waals surface area (Å²) in [4.78, 5) is 45.1. The van der Waals surface area contributed by atoms with Crippen LogP contribution in [0.15, 0.2) is 84.9 Å². The number of benzene rings is 3. The van der Waals surface area contributed by atoms with E-state index in [1.54, 1.807) is 9.91 Å². The van der Waals surface area contributed by atoms with Gasteiger partial charge in [-0.05, 0) is 47.6 Å². The highest BCUT2D eigenvalue weighted by Crippen LogP contribution is 2.30. The van der Waals surface area contributed by atoms with Crippen LogP contribution in [0.5, 0.6) is 0 Å². The second-order valence-corrected chi connectivity index (χ2v) is 11.8. The molecule has 2 saturated heterocycles. The van der Waals surface area contributed by atoms with E-state index in [0.717, 1.165) is 16.7 Å². The molecule has 0 spiro atoms. The number of nitrogens with one attached hydrogen (secondary N) is 1. The Balaban J connectivity index is 1.45. The summed E-state index contributed by atoms with van der Waals surface area (Å²) >= 11 is 6.07. The Morgan fingerprint density at radius 3 is 2.19 bits per heavy atom. The lowest BCUT2D eigenvalue weighted by Crippen LogP contribution is -2.76. The van der Waals surface area contributed by atoms with Crippen molar-refractivity contribution in [3.63, 3.8) is 0 Å². The molecule has 0 aliphatic carbocycles. The molecule has 220 valence electrons. The van der Waals surface area contributed by atoms with Gasteiger partial charge < -0.3 is 15.1 Å². The minimum absolute atomic E-state index is 0.0107. The quantitative estimate of drug-likeness (QED) is 0.385. The number of hydrazine groups is 1. The number of piperazine rings is 1. The minimum atomic E-state index is -0.634. The van der Waals surface area contributed by atoms with Crippen LogP contribution in [0.1, 0.15) is 37.0 Å². The maximum atomic E-state index is 14.0. The summed E-state index contributed by atoms with van der Waals surface area (Å²) in [5.74, 6) is -0.0193. The molecule has 0 aromatic heterocycles. The van der Waals surface area contributed by atoms with Crippen molar-refractivity contribution in [1.82, 2.24) is 25.1 Å². The Morgan fingerprint density at radius 1 is 0.905 bits per heavy atom. The lowest BCUT2D eigenvalue weighted by Gasteiger charge is -2.55. The van der Waals surface area contributed by atoms with Gasteiger partial charge in [0.05, 0.1) is 13.1 Å². The van der Waals surface area contributed by atoms with E-state index in [4.69, 9.17) is 11.6 Å². The van der Waals surface area contributed by atoms with Gasteiger partial charge in [-0.2, -0.15) is 0 Å². The molecule has 9 heteroatoms. The van der Waals surface area contributed by atoms with Crippen LogP contribution in [-0.2, 0) is 29.1 Å². The number of hydrogen-bond donors (Lipinski definition) is 1. The largest absolute Gasteiger partial charge is 0.337 e. The maximum Gasteiger partial charge on any atom is 0.334 e. The molecule has 42 heavy (non-hydrogen) atoms. The zero-order chi connectivity index (χ0) is 29.6. The molecule has 1 unspecified atom stereocenters. The normalized spacial score (nSPS) is 19.3. The molecule has 2 fully saturated rings. The SMILES string of the molecule is CC(C)C[C@@H]1C(=O)N(CCc2ccc(Cl)cc2)CC2N1C(=O)CN(Cc1ccccc1)N2C(=O)NCc1ccccc1. The van der Waals surface area contributed by atoms with Crippen molar-refractivity contribution in [3.8, 4) is 0 Å². The smallest absolute Gasteiger partial charge is 0.334 e. The Labute approximate surface area is 252 Å². The molecule has 2 aliphatic heterocycles. The summed E-state index contributed by atoms with van der Waals surface area (Å²) in [5.41, 5.74) is 3.04. The van der Waals surface area contributed by atoms with Crippen LogP contribution in [-0.4, -0.2) is 69.5 Å². The molecule has 2 aliphatic rings. The van der Waals surface area contributed by atoms with E-state index in [-0.39, 0.29) is 36.9 Å². The maximum absolute atomic E-state index is 14.0. The number of halogens is 1. The van der Waals surface area contributed by atoms with Gasteiger partial charge in [0.2, 0.25) is 11.8 Å². The number of amides is 4. The molecule has 2 heterocycles. The average Bonchev–Trinajstić information content (AvgIpc) is 2.98. The molecule has 8 nitrogen and oxygen atoms in total. The first kappa shape index (κ1) is 29.6. The zero-order valence-corrected chi connectivity index (χ0v) is 24.9.